The van der Waals surface area contributed by atoms with Crippen LogP contribution in [-0.2, 0) is 44.2 Å². The number of ether oxygens (including phenoxy) is 2. The lowest BCUT2D eigenvalue weighted by molar-refractivity contribution is -0.136. The molecule has 0 radical (unpaired) electrons. The summed E-state index contributed by atoms with van der Waals surface area (Å²) in [4.78, 5) is 102. The highest BCUT2D eigenvalue weighted by atomic mass is 19.3. The molecule has 17 nitrogen and oxygen atoms in total. The quantitative estimate of drug-likeness (QED) is 0.0804. The number of amides is 8. The molecule has 3 aliphatic rings. The van der Waals surface area contributed by atoms with Gasteiger partial charge in [0.05, 0.1) is 48.0 Å². The number of fused-ring (bicyclic) bond motifs is 1. The van der Waals surface area contributed by atoms with Gasteiger partial charge in [0.15, 0.2) is 5.92 Å². The Balaban J connectivity index is 0.895. The Morgan fingerprint density at radius 1 is 0.917 bits per heavy atom. The van der Waals surface area contributed by atoms with Gasteiger partial charge in [0.2, 0.25) is 29.5 Å². The van der Waals surface area contributed by atoms with E-state index < -0.39 is 71.7 Å². The average molecular weight is 826 g/mol. The molecule has 1 fully saturated rings. The molecule has 3 aliphatic heterocycles. The van der Waals surface area contributed by atoms with E-state index in [0.29, 0.717) is 11.3 Å². The lowest BCUT2D eigenvalue weighted by atomic mass is 10.0. The van der Waals surface area contributed by atoms with Crippen LogP contribution >= 0.6 is 0 Å². The van der Waals surface area contributed by atoms with Gasteiger partial charge in [-0.2, -0.15) is 10.1 Å². The number of hydrogen-bond donors (Lipinski definition) is 4. The number of rotatable bonds is 14. The van der Waals surface area contributed by atoms with Crippen LogP contribution in [-0.4, -0.2) is 96.9 Å². The van der Waals surface area contributed by atoms with Crippen LogP contribution in [0.3, 0.4) is 0 Å². The topological polar surface area (TPSA) is 222 Å². The van der Waals surface area contributed by atoms with E-state index in [-0.39, 0.29) is 73.0 Å². The van der Waals surface area contributed by atoms with Crippen molar-refractivity contribution in [3.63, 3.8) is 0 Å². The van der Waals surface area contributed by atoms with Crippen molar-refractivity contribution in [1.82, 2.24) is 15.5 Å². The maximum atomic E-state index is 13.8. The van der Waals surface area contributed by atoms with Crippen LogP contribution in [0, 0.1) is 17.8 Å². The Labute approximate surface area is 340 Å². The number of imide groups is 2. The second-order valence-corrected chi connectivity index (χ2v) is 13.7. The van der Waals surface area contributed by atoms with Crippen LogP contribution < -0.4 is 26.3 Å². The normalized spacial score (nSPS) is 17.4. The fourth-order valence-electron chi connectivity index (χ4n) is 6.45. The molecule has 0 bridgehead atoms. The fraction of sp³-hybridized carbons (Fsp3) is 0.293. The van der Waals surface area contributed by atoms with Crippen LogP contribution in [0.4, 0.5) is 25.8 Å². The van der Waals surface area contributed by atoms with Crippen LogP contribution in [0.5, 0.6) is 0 Å². The Bertz CT molecular complexity index is 2390. The Morgan fingerprint density at radius 2 is 1.63 bits per heavy atom. The predicted octanol–water partition coefficient (Wildman–Crippen LogP) is 2.32. The molecule has 8 amide bonds. The number of piperidine rings is 1. The van der Waals surface area contributed by atoms with Gasteiger partial charge in [-0.15, -0.1) is 0 Å². The smallest absolute Gasteiger partial charge is 0.270 e. The molecule has 19 heteroatoms. The van der Waals surface area contributed by atoms with Crippen LogP contribution in [0.1, 0.15) is 58.5 Å². The standard InChI is InChI=1S/C41H37F2N7O10/c1-23-34(37(55)45-26-10-4-9-25(20-26)41(2,42)43)40(58)50(48-23)27-11-3-7-24(19-27)8-6-16-44-32(52)21-59-17-18-60-22-33(53)46-29-13-5-12-28-35(29)39(57)49(38(28)56)30-14-15-31(51)47-36(30)54/h3-5,7,9-13,19-20,30,34H,14-18,21-22H2,1-2H3,(H,44,52)(H,45,55)(H,46,53)(H,47,51,54). The van der Waals surface area contributed by atoms with Gasteiger partial charge in [0.1, 0.15) is 19.3 Å². The van der Waals surface area contributed by atoms with Gasteiger partial charge in [-0.05, 0) is 55.8 Å². The van der Waals surface area contributed by atoms with Crippen molar-refractivity contribution < 1.29 is 56.6 Å². The number of halogens is 2. The van der Waals surface area contributed by atoms with E-state index in [2.05, 4.69) is 38.2 Å². The van der Waals surface area contributed by atoms with Crippen molar-refractivity contribution in [2.24, 2.45) is 11.0 Å². The van der Waals surface area contributed by atoms with Crippen LogP contribution in [0.2, 0.25) is 0 Å². The first-order valence-electron chi connectivity index (χ1n) is 18.5. The minimum atomic E-state index is -3.12. The van der Waals surface area contributed by atoms with Crippen molar-refractivity contribution in [3.05, 3.63) is 89.0 Å². The van der Waals surface area contributed by atoms with Gasteiger partial charge in [0.25, 0.3) is 23.6 Å². The van der Waals surface area contributed by atoms with Crippen LogP contribution in [0.15, 0.2) is 71.8 Å². The zero-order valence-corrected chi connectivity index (χ0v) is 32.1. The monoisotopic (exact) mass is 825 g/mol. The highest BCUT2D eigenvalue weighted by molar-refractivity contribution is 6.29. The van der Waals surface area contributed by atoms with Gasteiger partial charge in [-0.3, -0.25) is 48.6 Å². The van der Waals surface area contributed by atoms with Gasteiger partial charge >= 0.3 is 0 Å². The summed E-state index contributed by atoms with van der Waals surface area (Å²) < 4.78 is 38.1. The zero-order chi connectivity index (χ0) is 43.1. The Kier molecular flexibility index (Phi) is 12.9. The first-order chi connectivity index (χ1) is 28.6. The molecule has 2 unspecified atom stereocenters. The summed E-state index contributed by atoms with van der Waals surface area (Å²) in [6.45, 7) is 1.33. The van der Waals surface area contributed by atoms with E-state index in [9.17, 15) is 47.1 Å². The number of alkyl halides is 2. The number of nitrogens with one attached hydrogen (secondary N) is 4. The SMILES string of the molecule is CC1=NN(c2cccc(C#CCNC(=O)COCCOCC(=O)Nc3cccc4c3C(=O)N(C3CCC(=O)NC3=O)C4=O)c2)C(=O)C1C(=O)Nc1cccc(C(C)(F)F)c1. The van der Waals surface area contributed by atoms with Gasteiger partial charge in [-0.1, -0.05) is 36.1 Å². The Hall–Kier alpha value is -7.17. The third-order valence-corrected chi connectivity index (χ3v) is 9.31. The van der Waals surface area contributed by atoms with Gasteiger partial charge < -0.3 is 25.4 Å². The van der Waals surface area contributed by atoms with Crippen molar-refractivity contribution in [2.45, 2.75) is 38.7 Å². The van der Waals surface area contributed by atoms with E-state index in [1.807, 2.05) is 0 Å². The van der Waals surface area contributed by atoms with E-state index in [1.54, 1.807) is 24.3 Å². The zero-order valence-electron chi connectivity index (χ0n) is 32.1. The number of anilines is 3. The first-order valence-corrected chi connectivity index (χ1v) is 18.5. The molecule has 4 N–H and O–H groups in total. The number of benzene rings is 3. The van der Waals surface area contributed by atoms with Crippen LogP contribution in [0.25, 0.3) is 0 Å². The molecule has 0 aliphatic carbocycles. The summed E-state index contributed by atoms with van der Waals surface area (Å²) in [6, 6.07) is 14.8. The molecule has 3 aromatic rings. The highest BCUT2D eigenvalue weighted by Gasteiger charge is 2.46. The lowest BCUT2D eigenvalue weighted by Crippen LogP contribution is -2.54. The molecule has 0 spiro atoms. The average Bonchev–Trinajstić information content (AvgIpc) is 3.65. The summed E-state index contributed by atoms with van der Waals surface area (Å²) in [6.07, 6.45) is -0.0442. The fourth-order valence-corrected chi connectivity index (χ4v) is 6.45. The summed E-state index contributed by atoms with van der Waals surface area (Å²) >= 11 is 0. The van der Waals surface area contributed by atoms with Gasteiger partial charge in [0, 0.05) is 30.2 Å². The lowest BCUT2D eigenvalue weighted by Gasteiger charge is -2.27. The Morgan fingerprint density at radius 3 is 2.37 bits per heavy atom. The molecule has 310 valence electrons. The number of carbonyl (C=O) groups excluding carboxylic acids is 8. The molecule has 0 aromatic heterocycles. The molecular formula is C41H37F2N7O10. The van der Waals surface area contributed by atoms with Crippen molar-refractivity contribution in [1.29, 1.82) is 0 Å². The summed E-state index contributed by atoms with van der Waals surface area (Å²) in [5.74, 6) is -3.95. The van der Waals surface area contributed by atoms with Crippen molar-refractivity contribution >= 4 is 70.0 Å². The van der Waals surface area contributed by atoms with E-state index in [4.69, 9.17) is 9.47 Å². The number of hydrazone groups is 1. The largest absolute Gasteiger partial charge is 0.369 e. The molecular weight excluding hydrogens is 788 g/mol. The highest BCUT2D eigenvalue weighted by Crippen LogP contribution is 2.33. The van der Waals surface area contributed by atoms with E-state index in [1.165, 1.54) is 43.3 Å². The second-order valence-electron chi connectivity index (χ2n) is 13.7. The molecule has 1 saturated heterocycles. The number of hydrogen-bond acceptors (Lipinski definition) is 11. The molecule has 3 aromatic carbocycles. The number of carbonyl (C=O) groups is 8. The minimum absolute atomic E-state index is 0.00596. The molecule has 3 heterocycles. The third kappa shape index (κ3) is 9.74. The minimum Gasteiger partial charge on any atom is -0.369 e. The van der Waals surface area contributed by atoms with Crippen molar-refractivity contribution in [3.8, 4) is 11.8 Å². The molecule has 60 heavy (non-hydrogen) atoms. The predicted molar refractivity (Wildman–Crippen MR) is 208 cm³/mol. The molecule has 6 rings (SSSR count). The molecule has 2 atom stereocenters. The third-order valence-electron chi connectivity index (χ3n) is 9.31. The van der Waals surface area contributed by atoms with E-state index in [0.717, 1.165) is 22.9 Å². The van der Waals surface area contributed by atoms with E-state index >= 15 is 0 Å². The summed E-state index contributed by atoms with van der Waals surface area (Å²) in [5, 5.41) is 15.0. The van der Waals surface area contributed by atoms with Crippen molar-refractivity contribution in [2.75, 3.05) is 48.6 Å². The molecule has 0 saturated carbocycles. The maximum Gasteiger partial charge on any atom is 0.270 e. The summed E-state index contributed by atoms with van der Waals surface area (Å²) in [5.41, 5.74) is 0.821. The van der Waals surface area contributed by atoms with Gasteiger partial charge in [-0.25, -0.2) is 8.78 Å². The number of nitrogens with zero attached hydrogens (tertiary/aromatic N) is 3. The summed E-state index contributed by atoms with van der Waals surface area (Å²) in [7, 11) is 0. The first kappa shape index (κ1) is 42.4. The maximum absolute atomic E-state index is 13.8. The second kappa shape index (κ2) is 18.2.